The van der Waals surface area contributed by atoms with Crippen molar-refractivity contribution < 1.29 is 32.4 Å². The molecule has 0 radical (unpaired) electrons. The fourth-order valence-electron chi connectivity index (χ4n) is 4.22. The maximum Gasteiger partial charge on any atom is 0.433 e. The predicted molar refractivity (Wildman–Crippen MR) is 103 cm³/mol. The number of alkyl halides is 3. The molecule has 3 heterocycles. The zero-order chi connectivity index (χ0) is 23.1. The lowest BCUT2D eigenvalue weighted by Gasteiger charge is -2.34. The van der Waals surface area contributed by atoms with Crippen molar-refractivity contribution in [2.75, 3.05) is 25.0 Å². The van der Waals surface area contributed by atoms with Crippen molar-refractivity contribution in [3.8, 4) is 0 Å². The summed E-state index contributed by atoms with van der Waals surface area (Å²) in [4.78, 5) is 34.0. The Morgan fingerprint density at radius 2 is 2.09 bits per heavy atom. The van der Waals surface area contributed by atoms with E-state index in [9.17, 15) is 27.9 Å². The van der Waals surface area contributed by atoms with E-state index in [1.54, 1.807) is 4.90 Å². The summed E-state index contributed by atoms with van der Waals surface area (Å²) in [5, 5.41) is 15.8. The number of hydrogen-bond acceptors (Lipinski definition) is 7. The summed E-state index contributed by atoms with van der Waals surface area (Å²) in [6.07, 6.45) is -2.73. The summed E-state index contributed by atoms with van der Waals surface area (Å²) >= 11 is 0. The third-order valence-electron chi connectivity index (χ3n) is 6.09. The van der Waals surface area contributed by atoms with Crippen molar-refractivity contribution >= 4 is 17.9 Å². The minimum atomic E-state index is -4.54. The smallest absolute Gasteiger partial charge is 0.433 e. The average Bonchev–Trinajstić information content (AvgIpc) is 3.23. The Balaban J connectivity index is 1.40. The molecule has 2 fully saturated rings. The second-order valence-corrected chi connectivity index (χ2v) is 7.98. The van der Waals surface area contributed by atoms with E-state index in [1.807, 2.05) is 0 Å². The molecule has 1 aliphatic heterocycles. The highest BCUT2D eigenvalue weighted by atomic mass is 19.4. The normalized spacial score (nSPS) is 19.6. The summed E-state index contributed by atoms with van der Waals surface area (Å²) in [7, 11) is 1.45. The van der Waals surface area contributed by atoms with Gasteiger partial charge in [-0.25, -0.2) is 14.8 Å². The van der Waals surface area contributed by atoms with Crippen LogP contribution >= 0.6 is 0 Å². The maximum atomic E-state index is 12.9. The molecule has 2 aliphatic rings. The van der Waals surface area contributed by atoms with Gasteiger partial charge in [0.2, 0.25) is 5.95 Å². The highest BCUT2D eigenvalue weighted by Gasteiger charge is 2.59. The molecule has 2 amide bonds. The molecule has 172 valence electrons. The minimum absolute atomic E-state index is 0.0188. The van der Waals surface area contributed by atoms with Gasteiger partial charge in [-0.2, -0.15) is 13.2 Å². The molecular weight excluding hydrogens is 433 g/mol. The number of aromatic nitrogens is 3. The quantitative estimate of drug-likeness (QED) is 0.706. The Bertz CT molecular complexity index is 1020. The van der Waals surface area contributed by atoms with Gasteiger partial charge in [-0.1, -0.05) is 5.16 Å². The third kappa shape index (κ3) is 4.18. The van der Waals surface area contributed by atoms with E-state index in [2.05, 4.69) is 20.4 Å². The summed E-state index contributed by atoms with van der Waals surface area (Å²) in [6.45, 7) is 0.801. The number of carbonyl (C=O) groups is 2. The summed E-state index contributed by atoms with van der Waals surface area (Å²) in [5.74, 6) is -0.165. The molecule has 2 N–H and O–H groups in total. The highest BCUT2D eigenvalue weighted by molar-refractivity contribution is 5.91. The summed E-state index contributed by atoms with van der Waals surface area (Å²) < 4.78 is 43.9. The first kappa shape index (κ1) is 21.8. The first-order chi connectivity index (χ1) is 15.1. The molecule has 1 aliphatic carbocycles. The number of nitrogens with zero attached hydrogens (tertiary/aromatic N) is 5. The van der Waals surface area contributed by atoms with Crippen LogP contribution in [0.3, 0.4) is 0 Å². The lowest BCUT2D eigenvalue weighted by Crippen LogP contribution is -2.41. The zero-order valence-electron chi connectivity index (χ0n) is 17.1. The first-order valence-electron chi connectivity index (χ1n) is 9.95. The number of amides is 2. The lowest BCUT2D eigenvalue weighted by molar-refractivity contribution is -0.141. The van der Waals surface area contributed by atoms with Crippen LogP contribution in [0.5, 0.6) is 0 Å². The van der Waals surface area contributed by atoms with Crippen LogP contribution < -0.4 is 10.2 Å². The van der Waals surface area contributed by atoms with E-state index in [1.165, 1.54) is 18.0 Å². The molecule has 1 saturated heterocycles. The topological polar surface area (TPSA) is 125 Å². The maximum absolute atomic E-state index is 12.9. The Labute approximate surface area is 180 Å². The van der Waals surface area contributed by atoms with Crippen molar-refractivity contribution in [1.82, 2.24) is 25.3 Å². The summed E-state index contributed by atoms with van der Waals surface area (Å²) in [6, 6.07) is 1.98. The van der Waals surface area contributed by atoms with Crippen LogP contribution in [0, 0.1) is 5.41 Å². The predicted octanol–water partition coefficient (Wildman–Crippen LogP) is 2.38. The fraction of sp³-hybridized carbons (Fsp3) is 0.526. The number of piperidine rings is 1. The molecule has 1 spiro atoms. The van der Waals surface area contributed by atoms with Gasteiger partial charge in [-0.15, -0.1) is 0 Å². The molecule has 4 rings (SSSR count). The van der Waals surface area contributed by atoms with E-state index in [0.29, 0.717) is 32.4 Å². The Hall–Kier alpha value is -3.38. The molecular formula is C19H21F3N6O4. The van der Waals surface area contributed by atoms with E-state index in [-0.39, 0.29) is 35.4 Å². The van der Waals surface area contributed by atoms with Gasteiger partial charge in [0, 0.05) is 38.4 Å². The fourth-order valence-corrected chi connectivity index (χ4v) is 4.22. The van der Waals surface area contributed by atoms with Crippen molar-refractivity contribution in [1.29, 1.82) is 0 Å². The highest BCUT2D eigenvalue weighted by Crippen LogP contribution is 2.57. The summed E-state index contributed by atoms with van der Waals surface area (Å²) in [5.41, 5.74) is -1.18. The Kier molecular flexibility index (Phi) is 5.42. The van der Waals surface area contributed by atoms with Crippen LogP contribution in [0.2, 0.25) is 0 Å². The number of halogens is 3. The molecule has 0 bridgehead atoms. The third-order valence-corrected chi connectivity index (χ3v) is 6.09. The van der Waals surface area contributed by atoms with Crippen molar-refractivity contribution in [3.05, 3.63) is 35.5 Å². The van der Waals surface area contributed by atoms with Gasteiger partial charge in [0.25, 0.3) is 5.91 Å². The van der Waals surface area contributed by atoms with Crippen LogP contribution in [-0.4, -0.2) is 63.3 Å². The second-order valence-electron chi connectivity index (χ2n) is 7.98. The molecule has 2 aromatic rings. The van der Waals surface area contributed by atoms with Gasteiger partial charge in [0.15, 0.2) is 11.5 Å². The average molecular weight is 454 g/mol. The lowest BCUT2D eigenvalue weighted by atomic mass is 9.92. The molecule has 1 saturated carbocycles. The molecule has 2 aromatic heterocycles. The SMILES string of the molecule is CNC(=O)c1cc(CN(C(=O)O)C2CC23CCN(c2nccc(C(F)(F)F)n2)CC3)on1. The van der Waals surface area contributed by atoms with Gasteiger partial charge in [-0.05, 0) is 30.7 Å². The first-order valence-corrected chi connectivity index (χ1v) is 9.95. The van der Waals surface area contributed by atoms with E-state index < -0.39 is 23.9 Å². The molecule has 1 atom stereocenters. The molecule has 32 heavy (non-hydrogen) atoms. The van der Waals surface area contributed by atoms with Crippen molar-refractivity contribution in [2.24, 2.45) is 5.41 Å². The standard InChI is InChI=1S/C19H21F3N6O4/c1-23-15(29)12-8-11(32-26-12)10-28(17(30)31)14-9-18(14)3-6-27(7-4-18)16-24-5-2-13(25-16)19(20,21)22/h2,5,8,14H,3-4,6-7,9-10H2,1H3,(H,23,29)(H,30,31). The van der Waals surface area contributed by atoms with E-state index >= 15 is 0 Å². The van der Waals surface area contributed by atoms with Gasteiger partial charge < -0.3 is 19.8 Å². The molecule has 0 aromatic carbocycles. The number of rotatable bonds is 5. The van der Waals surface area contributed by atoms with Gasteiger partial charge in [-0.3, -0.25) is 9.69 Å². The van der Waals surface area contributed by atoms with Crippen LogP contribution in [0.1, 0.15) is 41.2 Å². The van der Waals surface area contributed by atoms with Crippen LogP contribution in [0.15, 0.2) is 22.9 Å². The zero-order valence-corrected chi connectivity index (χ0v) is 17.1. The van der Waals surface area contributed by atoms with Crippen LogP contribution in [0.4, 0.5) is 23.9 Å². The second kappa shape index (κ2) is 7.95. The Morgan fingerprint density at radius 3 is 2.72 bits per heavy atom. The van der Waals surface area contributed by atoms with Crippen LogP contribution in [-0.2, 0) is 12.7 Å². The minimum Gasteiger partial charge on any atom is -0.465 e. The Morgan fingerprint density at radius 1 is 1.38 bits per heavy atom. The van der Waals surface area contributed by atoms with Gasteiger partial charge in [0.05, 0.1) is 6.54 Å². The van der Waals surface area contributed by atoms with Crippen molar-refractivity contribution in [2.45, 2.75) is 38.0 Å². The number of carbonyl (C=O) groups excluding carboxylic acids is 1. The molecule has 10 nitrogen and oxygen atoms in total. The number of anilines is 1. The van der Waals surface area contributed by atoms with Gasteiger partial charge in [0.1, 0.15) is 5.69 Å². The van der Waals surface area contributed by atoms with Crippen molar-refractivity contribution in [3.63, 3.8) is 0 Å². The number of nitrogens with one attached hydrogen (secondary N) is 1. The van der Waals surface area contributed by atoms with E-state index in [0.717, 1.165) is 12.3 Å². The molecule has 13 heteroatoms. The largest absolute Gasteiger partial charge is 0.465 e. The van der Waals surface area contributed by atoms with Crippen LogP contribution in [0.25, 0.3) is 0 Å². The molecule has 1 unspecified atom stereocenters. The van der Waals surface area contributed by atoms with E-state index in [4.69, 9.17) is 4.52 Å². The van der Waals surface area contributed by atoms with Gasteiger partial charge >= 0.3 is 12.3 Å². The number of carboxylic acid groups (broad SMARTS) is 1. The monoisotopic (exact) mass is 454 g/mol. The number of hydrogen-bond donors (Lipinski definition) is 2.